The Kier molecular flexibility index (Phi) is 6.01. The zero-order chi connectivity index (χ0) is 25.4. The van der Waals surface area contributed by atoms with Crippen LogP contribution in [0.3, 0.4) is 0 Å². The van der Waals surface area contributed by atoms with Gasteiger partial charge in [0.05, 0.1) is 34.3 Å². The first-order valence-corrected chi connectivity index (χ1v) is 9.84. The third-order valence-corrected chi connectivity index (χ3v) is 4.68. The number of alkyl halides is 6. The molecule has 0 bridgehead atoms. The van der Waals surface area contributed by atoms with Crippen molar-refractivity contribution in [2.24, 2.45) is 5.73 Å². The lowest BCUT2D eigenvalue weighted by Crippen LogP contribution is -2.14. The Hall–Kier alpha value is -4.29. The first-order valence-electron chi connectivity index (χ1n) is 9.84. The summed E-state index contributed by atoms with van der Waals surface area (Å²) in [5.74, 6) is 0.0911. The first kappa shape index (κ1) is 23.9. The SMILES string of the molecule is NC(=O)Cc1cc(Oc2ccc3nc(Nc4cc(C(F)(F)F)cc(C(F)(F)F)c4)[nH]c3c2)ccn1. The smallest absolute Gasteiger partial charge is 0.416 e. The minimum absolute atomic E-state index is 0.0430. The van der Waals surface area contributed by atoms with Gasteiger partial charge in [-0.3, -0.25) is 9.78 Å². The normalized spacial score (nSPS) is 12.1. The number of carbonyl (C=O) groups excluding carboxylic acids is 1. The van der Waals surface area contributed by atoms with E-state index in [0.29, 0.717) is 40.4 Å². The van der Waals surface area contributed by atoms with Gasteiger partial charge >= 0.3 is 12.4 Å². The van der Waals surface area contributed by atoms with E-state index in [9.17, 15) is 31.1 Å². The standard InChI is InChI=1S/C22H15F6N5O2/c23-21(24,25)11-5-12(22(26,27)28)7-14(6-11)31-20-32-17-2-1-15(10-18(17)33-20)35-16-3-4-30-13(8-16)9-19(29)34/h1-8,10H,9H2,(H2,29,34)(H2,31,32,33). The summed E-state index contributed by atoms with van der Waals surface area (Å²) in [7, 11) is 0. The van der Waals surface area contributed by atoms with Crippen molar-refractivity contribution in [3.63, 3.8) is 0 Å². The van der Waals surface area contributed by atoms with Gasteiger partial charge in [-0.1, -0.05) is 0 Å². The number of aromatic nitrogens is 3. The van der Waals surface area contributed by atoms with Gasteiger partial charge in [0.25, 0.3) is 0 Å². The van der Waals surface area contributed by atoms with E-state index in [1.807, 2.05) is 0 Å². The number of H-pyrrole nitrogens is 1. The molecule has 35 heavy (non-hydrogen) atoms. The highest BCUT2D eigenvalue weighted by atomic mass is 19.4. The third-order valence-electron chi connectivity index (χ3n) is 4.68. The topological polar surface area (TPSA) is 106 Å². The monoisotopic (exact) mass is 495 g/mol. The van der Waals surface area contributed by atoms with Crippen LogP contribution >= 0.6 is 0 Å². The van der Waals surface area contributed by atoms with E-state index in [4.69, 9.17) is 10.5 Å². The quantitative estimate of drug-likeness (QED) is 0.304. The zero-order valence-corrected chi connectivity index (χ0v) is 17.5. The van der Waals surface area contributed by atoms with Crippen LogP contribution in [0, 0.1) is 0 Å². The van der Waals surface area contributed by atoms with Crippen LogP contribution in [-0.4, -0.2) is 20.9 Å². The number of ether oxygens (including phenoxy) is 1. The van der Waals surface area contributed by atoms with Gasteiger partial charge in [-0.2, -0.15) is 26.3 Å². The van der Waals surface area contributed by atoms with Crippen LogP contribution < -0.4 is 15.8 Å². The fourth-order valence-electron chi connectivity index (χ4n) is 3.21. The van der Waals surface area contributed by atoms with Crippen LogP contribution in [0.5, 0.6) is 11.5 Å². The first-order chi connectivity index (χ1) is 16.4. The number of nitrogens with one attached hydrogen (secondary N) is 2. The lowest BCUT2D eigenvalue weighted by atomic mass is 10.1. The van der Waals surface area contributed by atoms with Crippen molar-refractivity contribution >= 4 is 28.6 Å². The fourth-order valence-corrected chi connectivity index (χ4v) is 3.21. The lowest BCUT2D eigenvalue weighted by Gasteiger charge is -2.14. The molecule has 182 valence electrons. The maximum Gasteiger partial charge on any atom is 0.416 e. The van der Waals surface area contributed by atoms with E-state index in [0.717, 1.165) is 0 Å². The van der Waals surface area contributed by atoms with Crippen molar-refractivity contribution in [1.82, 2.24) is 15.0 Å². The second kappa shape index (κ2) is 8.81. The van der Waals surface area contributed by atoms with E-state index in [1.54, 1.807) is 18.2 Å². The van der Waals surface area contributed by atoms with Crippen LogP contribution in [0.15, 0.2) is 54.7 Å². The van der Waals surface area contributed by atoms with E-state index in [1.165, 1.54) is 18.3 Å². The molecule has 2 heterocycles. The Labute approximate surface area is 192 Å². The molecule has 0 unspecified atom stereocenters. The molecule has 7 nitrogen and oxygen atoms in total. The summed E-state index contributed by atoms with van der Waals surface area (Å²) in [5.41, 5.74) is 3.01. The summed E-state index contributed by atoms with van der Waals surface area (Å²) in [6.45, 7) is 0. The van der Waals surface area contributed by atoms with Crippen molar-refractivity contribution < 1.29 is 35.9 Å². The number of nitrogens with two attached hydrogens (primary N) is 1. The van der Waals surface area contributed by atoms with Gasteiger partial charge in [-0.05, 0) is 36.4 Å². The van der Waals surface area contributed by atoms with E-state index in [-0.39, 0.29) is 18.4 Å². The van der Waals surface area contributed by atoms with Gasteiger partial charge in [0.2, 0.25) is 11.9 Å². The highest BCUT2D eigenvalue weighted by molar-refractivity contribution is 5.80. The van der Waals surface area contributed by atoms with Crippen LogP contribution in [0.1, 0.15) is 16.8 Å². The number of primary amides is 1. The summed E-state index contributed by atoms with van der Waals surface area (Å²) in [6.07, 6.45) is -8.57. The summed E-state index contributed by atoms with van der Waals surface area (Å²) >= 11 is 0. The number of hydrogen-bond donors (Lipinski definition) is 3. The summed E-state index contributed by atoms with van der Waals surface area (Å²) < 4.78 is 84.3. The van der Waals surface area contributed by atoms with Crippen LogP contribution in [0.2, 0.25) is 0 Å². The van der Waals surface area contributed by atoms with Gasteiger partial charge in [-0.15, -0.1) is 0 Å². The summed E-state index contributed by atoms with van der Waals surface area (Å²) in [4.78, 5) is 22.0. The van der Waals surface area contributed by atoms with Crippen molar-refractivity contribution in [3.05, 3.63) is 71.5 Å². The van der Waals surface area contributed by atoms with Gasteiger partial charge in [0.1, 0.15) is 11.5 Å². The third kappa shape index (κ3) is 5.80. The van der Waals surface area contributed by atoms with E-state index >= 15 is 0 Å². The van der Waals surface area contributed by atoms with Gasteiger partial charge < -0.3 is 20.8 Å². The van der Waals surface area contributed by atoms with Crippen molar-refractivity contribution in [3.8, 4) is 11.5 Å². The Bertz CT molecular complexity index is 1370. The predicted molar refractivity (Wildman–Crippen MR) is 113 cm³/mol. The molecule has 0 saturated heterocycles. The maximum absolute atomic E-state index is 13.1. The number of nitrogens with zero attached hydrogens (tertiary/aromatic N) is 2. The summed E-state index contributed by atoms with van der Waals surface area (Å²) in [5, 5.41) is 2.45. The number of aromatic amines is 1. The second-order valence-electron chi connectivity index (χ2n) is 7.41. The van der Waals surface area contributed by atoms with Crippen molar-refractivity contribution in [1.29, 1.82) is 0 Å². The Morgan fingerprint density at radius 2 is 1.60 bits per heavy atom. The highest BCUT2D eigenvalue weighted by Gasteiger charge is 2.37. The van der Waals surface area contributed by atoms with Crippen molar-refractivity contribution in [2.45, 2.75) is 18.8 Å². The number of carbonyl (C=O) groups is 1. The minimum Gasteiger partial charge on any atom is -0.457 e. The lowest BCUT2D eigenvalue weighted by molar-refractivity contribution is -0.143. The van der Waals surface area contributed by atoms with Gasteiger partial charge in [0, 0.05) is 24.0 Å². The number of rotatable bonds is 6. The maximum atomic E-state index is 13.1. The molecule has 0 aliphatic carbocycles. The minimum atomic E-state index is -4.97. The molecule has 0 atom stereocenters. The molecule has 0 saturated carbocycles. The van der Waals surface area contributed by atoms with Crippen LogP contribution in [0.25, 0.3) is 11.0 Å². The average molecular weight is 495 g/mol. The predicted octanol–water partition coefficient (Wildman–Crippen LogP) is 5.56. The number of benzene rings is 2. The molecule has 13 heteroatoms. The molecule has 2 aromatic carbocycles. The zero-order valence-electron chi connectivity index (χ0n) is 17.5. The molecule has 4 rings (SSSR count). The number of hydrogen-bond acceptors (Lipinski definition) is 5. The molecule has 0 radical (unpaired) electrons. The van der Waals surface area contributed by atoms with Gasteiger partial charge in [0.15, 0.2) is 0 Å². The Balaban J connectivity index is 1.59. The molecule has 0 fully saturated rings. The number of fused-ring (bicyclic) bond motifs is 1. The number of halogens is 6. The molecule has 0 aliphatic rings. The number of imidazole rings is 1. The van der Waals surface area contributed by atoms with E-state index < -0.39 is 35.1 Å². The number of anilines is 2. The molecule has 0 aliphatic heterocycles. The highest BCUT2D eigenvalue weighted by Crippen LogP contribution is 2.38. The largest absolute Gasteiger partial charge is 0.457 e. The number of amides is 1. The second-order valence-corrected chi connectivity index (χ2v) is 7.41. The Morgan fingerprint density at radius 3 is 2.23 bits per heavy atom. The molecular formula is C22H15F6N5O2. The molecule has 4 aromatic rings. The molecule has 2 aromatic heterocycles. The fraction of sp³-hybridized carbons (Fsp3) is 0.136. The number of pyridine rings is 1. The summed E-state index contributed by atoms with van der Waals surface area (Å²) in [6, 6.07) is 8.89. The molecule has 4 N–H and O–H groups in total. The van der Waals surface area contributed by atoms with Crippen molar-refractivity contribution in [2.75, 3.05) is 5.32 Å². The van der Waals surface area contributed by atoms with Gasteiger partial charge in [-0.25, -0.2) is 4.98 Å². The van der Waals surface area contributed by atoms with E-state index in [2.05, 4.69) is 20.3 Å². The molecule has 0 spiro atoms. The average Bonchev–Trinajstić information content (AvgIpc) is 3.13. The Morgan fingerprint density at radius 1 is 0.943 bits per heavy atom. The van der Waals surface area contributed by atoms with Crippen LogP contribution in [-0.2, 0) is 23.6 Å². The van der Waals surface area contributed by atoms with Crippen LogP contribution in [0.4, 0.5) is 38.0 Å². The molecular weight excluding hydrogens is 480 g/mol. The molecule has 1 amide bonds.